The van der Waals surface area contributed by atoms with Crippen LogP contribution < -0.4 is 0 Å². The van der Waals surface area contributed by atoms with E-state index >= 15 is 0 Å². The zero-order valence-electron chi connectivity index (χ0n) is 19.6. The van der Waals surface area contributed by atoms with Crippen LogP contribution in [0.25, 0.3) is 0 Å². The third-order valence-electron chi connectivity index (χ3n) is 5.21. The van der Waals surface area contributed by atoms with Crippen molar-refractivity contribution in [3.8, 4) is 0 Å². The molecule has 1 aromatic rings. The fourth-order valence-electron chi connectivity index (χ4n) is 3.63. The fraction of sp³-hybridized carbons (Fsp3) is 0.692. The minimum absolute atomic E-state index is 0.187. The minimum atomic E-state index is -0.463. The maximum absolute atomic E-state index is 12.5. The van der Waals surface area contributed by atoms with Crippen LogP contribution in [0, 0.1) is 5.92 Å². The summed E-state index contributed by atoms with van der Waals surface area (Å²) in [7, 11) is 0. The highest BCUT2D eigenvalue weighted by Gasteiger charge is 2.20. The lowest BCUT2D eigenvalue weighted by Gasteiger charge is -2.16. The summed E-state index contributed by atoms with van der Waals surface area (Å²) in [5.41, 5.74) is 0.563. The van der Waals surface area contributed by atoms with Gasteiger partial charge in [0, 0.05) is 0 Å². The Kier molecular flexibility index (Phi) is 13.9. The smallest absolute Gasteiger partial charge is 0.339 e. The summed E-state index contributed by atoms with van der Waals surface area (Å²) in [5.74, 6) is -0.473. The zero-order valence-corrected chi connectivity index (χ0v) is 19.6. The molecule has 0 aliphatic rings. The van der Waals surface area contributed by atoms with Crippen LogP contribution in [-0.2, 0) is 9.47 Å². The molecule has 0 aliphatic carbocycles. The second kappa shape index (κ2) is 15.9. The van der Waals surface area contributed by atoms with Gasteiger partial charge in [-0.3, -0.25) is 0 Å². The van der Waals surface area contributed by atoms with Gasteiger partial charge in [-0.25, -0.2) is 9.59 Å². The average molecular weight is 419 g/mol. The van der Waals surface area contributed by atoms with E-state index in [1.807, 2.05) is 6.92 Å². The number of unbranched alkanes of at least 4 members (excludes halogenated alkanes) is 9. The summed E-state index contributed by atoms with van der Waals surface area (Å²) >= 11 is 0. The molecule has 30 heavy (non-hydrogen) atoms. The minimum Gasteiger partial charge on any atom is -0.462 e. The number of hydrogen-bond acceptors (Lipinski definition) is 4. The van der Waals surface area contributed by atoms with Crippen LogP contribution in [0.1, 0.15) is 119 Å². The second-order valence-electron chi connectivity index (χ2n) is 8.71. The quantitative estimate of drug-likeness (QED) is 0.208. The molecule has 4 heteroatoms. The van der Waals surface area contributed by atoms with Crippen LogP contribution in [0.4, 0.5) is 0 Å². The van der Waals surface area contributed by atoms with E-state index in [2.05, 4.69) is 20.8 Å². The predicted molar refractivity (Wildman–Crippen MR) is 123 cm³/mol. The maximum Gasteiger partial charge on any atom is 0.339 e. The molecule has 0 saturated heterocycles. The fourth-order valence-corrected chi connectivity index (χ4v) is 3.63. The van der Waals surface area contributed by atoms with Crippen LogP contribution in [-0.4, -0.2) is 24.6 Å². The highest BCUT2D eigenvalue weighted by molar-refractivity contribution is 6.03. The Bertz CT molecular complexity index is 609. The number of benzene rings is 1. The molecule has 0 aliphatic heterocycles. The summed E-state index contributed by atoms with van der Waals surface area (Å²) in [4.78, 5) is 25.0. The summed E-state index contributed by atoms with van der Waals surface area (Å²) in [6, 6.07) is 6.74. The van der Waals surface area contributed by atoms with E-state index in [1.165, 1.54) is 51.4 Å². The van der Waals surface area contributed by atoms with Gasteiger partial charge in [0.25, 0.3) is 0 Å². The molecule has 0 heterocycles. The molecule has 1 rings (SSSR count). The molecule has 0 radical (unpaired) electrons. The summed E-state index contributed by atoms with van der Waals surface area (Å²) in [6.45, 7) is 8.69. The van der Waals surface area contributed by atoms with E-state index in [0.29, 0.717) is 12.5 Å². The van der Waals surface area contributed by atoms with Gasteiger partial charge in [0.1, 0.15) is 0 Å². The van der Waals surface area contributed by atoms with E-state index in [1.54, 1.807) is 24.3 Å². The SMILES string of the molecule is CCCCCCCCCCCCOC(=O)c1ccccc1C(=O)OC(C)CC(C)C. The van der Waals surface area contributed by atoms with Gasteiger partial charge in [0.2, 0.25) is 0 Å². The van der Waals surface area contributed by atoms with Crippen molar-refractivity contribution in [1.82, 2.24) is 0 Å². The molecular formula is C26H42O4. The largest absolute Gasteiger partial charge is 0.462 e. The molecule has 1 aromatic carbocycles. The van der Waals surface area contributed by atoms with Gasteiger partial charge in [-0.1, -0.05) is 90.7 Å². The van der Waals surface area contributed by atoms with Crippen molar-refractivity contribution in [2.45, 2.75) is 104 Å². The zero-order chi connectivity index (χ0) is 22.2. The van der Waals surface area contributed by atoms with E-state index < -0.39 is 11.9 Å². The topological polar surface area (TPSA) is 52.6 Å². The van der Waals surface area contributed by atoms with E-state index in [9.17, 15) is 9.59 Å². The van der Waals surface area contributed by atoms with Crippen molar-refractivity contribution in [3.63, 3.8) is 0 Å². The normalized spacial score (nSPS) is 12.0. The molecule has 1 unspecified atom stereocenters. The first-order chi connectivity index (χ1) is 14.5. The number of rotatable bonds is 16. The van der Waals surface area contributed by atoms with Crippen molar-refractivity contribution < 1.29 is 19.1 Å². The second-order valence-corrected chi connectivity index (χ2v) is 8.71. The van der Waals surface area contributed by atoms with Gasteiger partial charge >= 0.3 is 11.9 Å². The molecular weight excluding hydrogens is 376 g/mol. The van der Waals surface area contributed by atoms with Crippen molar-refractivity contribution >= 4 is 11.9 Å². The van der Waals surface area contributed by atoms with E-state index in [-0.39, 0.29) is 17.2 Å². The Labute approximate surface area is 183 Å². The molecule has 1 atom stereocenters. The number of ether oxygens (including phenoxy) is 2. The average Bonchev–Trinajstić information content (AvgIpc) is 2.71. The molecule has 0 amide bonds. The van der Waals surface area contributed by atoms with Gasteiger partial charge in [-0.2, -0.15) is 0 Å². The Morgan fingerprint density at radius 3 is 1.80 bits per heavy atom. The standard InChI is InChI=1S/C26H42O4/c1-5-6-7-8-9-10-11-12-13-16-19-29-25(27)23-17-14-15-18-24(23)26(28)30-22(4)20-21(2)3/h14-15,17-18,21-22H,5-13,16,19-20H2,1-4H3. The summed E-state index contributed by atoms with van der Waals surface area (Å²) in [6.07, 6.45) is 13.0. The highest BCUT2D eigenvalue weighted by Crippen LogP contribution is 2.16. The van der Waals surface area contributed by atoms with Gasteiger partial charge in [-0.15, -0.1) is 0 Å². The number of hydrogen-bond donors (Lipinski definition) is 0. The predicted octanol–water partition coefficient (Wildman–Crippen LogP) is 7.36. The van der Waals surface area contributed by atoms with Crippen LogP contribution in [0.3, 0.4) is 0 Å². The molecule has 0 fully saturated rings. The van der Waals surface area contributed by atoms with Crippen molar-refractivity contribution in [2.24, 2.45) is 5.92 Å². The third-order valence-corrected chi connectivity index (χ3v) is 5.21. The van der Waals surface area contributed by atoms with Crippen molar-refractivity contribution in [2.75, 3.05) is 6.61 Å². The Morgan fingerprint density at radius 1 is 0.767 bits per heavy atom. The first-order valence-electron chi connectivity index (χ1n) is 11.9. The molecule has 0 saturated carbocycles. The van der Waals surface area contributed by atoms with Gasteiger partial charge in [0.05, 0.1) is 23.8 Å². The van der Waals surface area contributed by atoms with Crippen LogP contribution in [0.15, 0.2) is 24.3 Å². The van der Waals surface area contributed by atoms with Crippen LogP contribution in [0.2, 0.25) is 0 Å². The summed E-state index contributed by atoms with van der Waals surface area (Å²) in [5, 5.41) is 0. The first kappa shape index (κ1) is 26.2. The van der Waals surface area contributed by atoms with Crippen LogP contribution >= 0.6 is 0 Å². The Morgan fingerprint density at radius 2 is 1.27 bits per heavy atom. The summed E-state index contributed by atoms with van der Waals surface area (Å²) < 4.78 is 10.9. The highest BCUT2D eigenvalue weighted by atomic mass is 16.5. The number of carbonyl (C=O) groups excluding carboxylic acids is 2. The third kappa shape index (κ3) is 11.4. The van der Waals surface area contributed by atoms with Gasteiger partial charge in [0.15, 0.2) is 0 Å². The lowest BCUT2D eigenvalue weighted by Crippen LogP contribution is -2.20. The first-order valence-corrected chi connectivity index (χ1v) is 11.9. The Balaban J connectivity index is 2.31. The molecule has 0 N–H and O–H groups in total. The molecule has 170 valence electrons. The van der Waals surface area contributed by atoms with Crippen molar-refractivity contribution in [3.05, 3.63) is 35.4 Å². The molecule has 0 bridgehead atoms. The molecule has 0 aromatic heterocycles. The monoisotopic (exact) mass is 418 g/mol. The lowest BCUT2D eigenvalue weighted by molar-refractivity contribution is 0.0288. The van der Waals surface area contributed by atoms with Crippen LogP contribution in [0.5, 0.6) is 0 Å². The van der Waals surface area contributed by atoms with Gasteiger partial charge < -0.3 is 9.47 Å². The lowest BCUT2D eigenvalue weighted by atomic mass is 10.1. The van der Waals surface area contributed by atoms with E-state index in [0.717, 1.165) is 19.3 Å². The van der Waals surface area contributed by atoms with E-state index in [4.69, 9.17) is 9.47 Å². The Hall–Kier alpha value is -1.84. The number of carbonyl (C=O) groups is 2. The van der Waals surface area contributed by atoms with Crippen molar-refractivity contribution in [1.29, 1.82) is 0 Å². The number of esters is 2. The van der Waals surface area contributed by atoms with Gasteiger partial charge in [-0.05, 0) is 37.8 Å². The maximum atomic E-state index is 12.5. The molecule has 0 spiro atoms. The molecule has 4 nitrogen and oxygen atoms in total.